The number of fused-ring (bicyclic) bond motifs is 1. The van der Waals surface area contributed by atoms with E-state index in [0.29, 0.717) is 25.0 Å². The quantitative estimate of drug-likeness (QED) is 0.499. The normalized spacial score (nSPS) is 20.4. The second kappa shape index (κ2) is 8.03. The highest BCUT2D eigenvalue weighted by Crippen LogP contribution is 2.35. The zero-order chi connectivity index (χ0) is 21.5. The van der Waals surface area contributed by atoms with Crippen LogP contribution in [0.3, 0.4) is 0 Å². The lowest BCUT2D eigenvalue weighted by molar-refractivity contribution is -0.146. The molecule has 30 heavy (non-hydrogen) atoms. The van der Waals surface area contributed by atoms with Crippen LogP contribution in [0.25, 0.3) is 20.8 Å². The summed E-state index contributed by atoms with van der Waals surface area (Å²) in [5, 5.41) is 4.79. The molecule has 3 aromatic rings. The van der Waals surface area contributed by atoms with Crippen molar-refractivity contribution >= 4 is 49.0 Å². The van der Waals surface area contributed by atoms with Crippen molar-refractivity contribution in [1.29, 1.82) is 0 Å². The Labute approximate surface area is 184 Å². The lowest BCUT2D eigenvalue weighted by Gasteiger charge is -2.36. The number of carbonyl (C=O) groups is 1. The molecule has 0 spiro atoms. The van der Waals surface area contributed by atoms with Gasteiger partial charge in [0.25, 0.3) is 0 Å². The number of rotatable bonds is 4. The Morgan fingerprint density at radius 1 is 1.27 bits per heavy atom. The van der Waals surface area contributed by atoms with Crippen LogP contribution in [0.5, 0.6) is 0 Å². The summed E-state index contributed by atoms with van der Waals surface area (Å²) in [6.45, 7) is 6.53. The van der Waals surface area contributed by atoms with Crippen molar-refractivity contribution in [3.05, 3.63) is 35.0 Å². The number of thiophene rings is 1. The second-order valence-corrected chi connectivity index (χ2v) is 11.8. The Balaban J connectivity index is 1.53. The smallest absolute Gasteiger partial charge is 0.341 e. The van der Waals surface area contributed by atoms with Gasteiger partial charge in [-0.2, -0.15) is 19.8 Å². The van der Waals surface area contributed by atoms with Gasteiger partial charge in [-0.05, 0) is 47.9 Å². The van der Waals surface area contributed by atoms with Gasteiger partial charge in [0.1, 0.15) is 9.90 Å². The molecule has 0 bridgehead atoms. The molecule has 3 heterocycles. The Kier molecular flexibility index (Phi) is 5.73. The van der Waals surface area contributed by atoms with Gasteiger partial charge in [-0.3, -0.25) is 4.79 Å². The third kappa shape index (κ3) is 4.44. The number of ether oxygens (including phenoxy) is 1. The molecule has 2 atom stereocenters. The van der Waals surface area contributed by atoms with Gasteiger partial charge < -0.3 is 8.92 Å². The zero-order valence-electron chi connectivity index (χ0n) is 17.0. The Bertz CT molecular complexity index is 1160. The SMILES string of the molecule is CC(C)(C)C1CC(C(=O)OS(=O)(=O)c2ccc3nc(-c4ccsc4)sc3c2)CCO1. The van der Waals surface area contributed by atoms with Crippen molar-refractivity contribution in [2.45, 2.75) is 44.6 Å². The summed E-state index contributed by atoms with van der Waals surface area (Å²) >= 11 is 2.99. The highest BCUT2D eigenvalue weighted by atomic mass is 32.2. The Morgan fingerprint density at radius 3 is 2.77 bits per heavy atom. The van der Waals surface area contributed by atoms with Crippen LogP contribution in [0.15, 0.2) is 39.9 Å². The number of nitrogens with zero attached hydrogens (tertiary/aromatic N) is 1. The fourth-order valence-corrected chi connectivity index (χ4v) is 6.15. The maximum atomic E-state index is 12.8. The molecular weight excluding hydrogens is 442 g/mol. The largest absolute Gasteiger partial charge is 0.378 e. The molecule has 160 valence electrons. The first-order chi connectivity index (χ1) is 14.1. The minimum atomic E-state index is -4.21. The minimum absolute atomic E-state index is 0.0386. The van der Waals surface area contributed by atoms with Crippen LogP contribution < -0.4 is 0 Å². The zero-order valence-corrected chi connectivity index (χ0v) is 19.4. The lowest BCUT2D eigenvalue weighted by Crippen LogP contribution is -2.39. The maximum absolute atomic E-state index is 12.8. The molecule has 0 aliphatic carbocycles. The number of benzene rings is 1. The van der Waals surface area contributed by atoms with Crippen molar-refractivity contribution < 1.29 is 22.1 Å². The molecule has 0 saturated carbocycles. The highest BCUT2D eigenvalue weighted by Gasteiger charge is 2.37. The topological polar surface area (TPSA) is 82.6 Å². The molecule has 1 aromatic carbocycles. The number of hydrogen-bond donors (Lipinski definition) is 0. The van der Waals surface area contributed by atoms with E-state index in [1.54, 1.807) is 17.4 Å². The van der Waals surface area contributed by atoms with Crippen molar-refractivity contribution in [2.75, 3.05) is 6.61 Å². The fraction of sp³-hybridized carbons (Fsp3) is 0.429. The van der Waals surface area contributed by atoms with E-state index in [4.69, 9.17) is 8.92 Å². The predicted octanol–water partition coefficient (Wildman–Crippen LogP) is 5.10. The molecule has 0 radical (unpaired) electrons. The third-order valence-corrected chi connectivity index (χ3v) is 8.16. The molecule has 9 heteroatoms. The van der Waals surface area contributed by atoms with Crippen LogP contribution >= 0.6 is 22.7 Å². The summed E-state index contributed by atoms with van der Waals surface area (Å²) in [5.74, 6) is -1.20. The van der Waals surface area contributed by atoms with E-state index in [0.717, 1.165) is 15.3 Å². The van der Waals surface area contributed by atoms with Crippen LogP contribution in [0.4, 0.5) is 0 Å². The van der Waals surface area contributed by atoms with Crippen molar-refractivity contribution in [1.82, 2.24) is 4.98 Å². The van der Waals surface area contributed by atoms with Crippen molar-refractivity contribution in [3.8, 4) is 10.6 Å². The van der Waals surface area contributed by atoms with Gasteiger partial charge in [0, 0.05) is 17.6 Å². The van der Waals surface area contributed by atoms with Crippen LogP contribution in [-0.2, 0) is 23.8 Å². The van der Waals surface area contributed by atoms with E-state index in [-0.39, 0.29) is 16.4 Å². The molecule has 2 aromatic heterocycles. The van der Waals surface area contributed by atoms with Gasteiger partial charge in [0.15, 0.2) is 0 Å². The number of hydrogen-bond acceptors (Lipinski definition) is 8. The molecule has 0 amide bonds. The Morgan fingerprint density at radius 2 is 2.07 bits per heavy atom. The number of aromatic nitrogens is 1. The number of carbonyl (C=O) groups excluding carboxylic acids is 1. The monoisotopic (exact) mass is 465 g/mol. The molecule has 4 rings (SSSR count). The van der Waals surface area contributed by atoms with Crippen molar-refractivity contribution in [3.63, 3.8) is 0 Å². The van der Waals surface area contributed by atoms with Crippen LogP contribution in [0, 0.1) is 11.3 Å². The summed E-state index contributed by atoms with van der Waals surface area (Å²) in [6.07, 6.45) is 0.796. The third-order valence-electron chi connectivity index (χ3n) is 5.19. The average Bonchev–Trinajstić information content (AvgIpc) is 3.36. The molecule has 1 aliphatic rings. The molecule has 1 aliphatic heterocycles. The Hall–Kier alpha value is -1.81. The van der Waals surface area contributed by atoms with Gasteiger partial charge in [-0.15, -0.1) is 11.3 Å². The van der Waals surface area contributed by atoms with E-state index in [2.05, 4.69) is 4.98 Å². The first kappa shape index (κ1) is 21.4. The van der Waals surface area contributed by atoms with Crippen LogP contribution in [-0.4, -0.2) is 32.1 Å². The summed E-state index contributed by atoms with van der Waals surface area (Å²) < 4.78 is 37.0. The molecule has 0 N–H and O–H groups in total. The summed E-state index contributed by atoms with van der Waals surface area (Å²) in [6, 6.07) is 6.57. The molecule has 1 saturated heterocycles. The summed E-state index contributed by atoms with van der Waals surface area (Å²) in [4.78, 5) is 17.1. The molecule has 6 nitrogen and oxygen atoms in total. The van der Waals surface area contributed by atoms with Gasteiger partial charge in [0.2, 0.25) is 0 Å². The van der Waals surface area contributed by atoms with Crippen molar-refractivity contribution in [2.24, 2.45) is 11.3 Å². The van der Waals surface area contributed by atoms with Gasteiger partial charge in [0.05, 0.1) is 22.2 Å². The summed E-state index contributed by atoms with van der Waals surface area (Å²) in [7, 11) is -4.21. The van der Waals surface area contributed by atoms with Gasteiger partial charge >= 0.3 is 16.1 Å². The van der Waals surface area contributed by atoms with E-state index in [1.165, 1.54) is 23.5 Å². The summed E-state index contributed by atoms with van der Waals surface area (Å²) in [5.41, 5.74) is 1.59. The van der Waals surface area contributed by atoms with Gasteiger partial charge in [-0.1, -0.05) is 20.8 Å². The van der Waals surface area contributed by atoms with E-state index < -0.39 is 22.0 Å². The molecule has 1 fully saturated rings. The van der Waals surface area contributed by atoms with E-state index in [9.17, 15) is 13.2 Å². The molecular formula is C21H23NO5S3. The maximum Gasteiger partial charge on any atom is 0.341 e. The fourth-order valence-electron chi connectivity index (χ4n) is 3.41. The lowest BCUT2D eigenvalue weighted by atomic mass is 9.81. The predicted molar refractivity (Wildman–Crippen MR) is 118 cm³/mol. The van der Waals surface area contributed by atoms with E-state index in [1.807, 2.05) is 37.6 Å². The second-order valence-electron chi connectivity index (χ2n) is 8.46. The standard InChI is InChI=1S/C21H23NO5S3/c1-21(2,3)18-10-13(6-8-26-18)20(23)27-30(24,25)15-4-5-16-17(11-15)29-19(22-16)14-7-9-28-12-14/h4-5,7,9,11-13,18H,6,8,10H2,1-3H3. The highest BCUT2D eigenvalue weighted by molar-refractivity contribution is 7.87. The first-order valence-corrected chi connectivity index (χ1v) is 12.8. The van der Waals surface area contributed by atoms with Crippen LogP contribution in [0.1, 0.15) is 33.6 Å². The first-order valence-electron chi connectivity index (χ1n) is 9.66. The molecule has 2 unspecified atom stereocenters. The van der Waals surface area contributed by atoms with Crippen LogP contribution in [0.2, 0.25) is 0 Å². The number of thiazole rings is 1. The van der Waals surface area contributed by atoms with E-state index >= 15 is 0 Å². The minimum Gasteiger partial charge on any atom is -0.378 e. The average molecular weight is 466 g/mol. The van der Waals surface area contributed by atoms with Gasteiger partial charge in [-0.25, -0.2) is 4.98 Å².